The minimum atomic E-state index is -3.82. The predicted molar refractivity (Wildman–Crippen MR) is 70.6 cm³/mol. The summed E-state index contributed by atoms with van der Waals surface area (Å²) in [7, 11) is -3.82. The standard InChI is InChI=1S/C12H13FN4O2S/c13-9-2-1-3-10(12(9)14)20(18,19)17-7-6-16-5-4-15-11(16)8-17/h1-5H,6-8,14H2. The highest BCUT2D eigenvalue weighted by atomic mass is 32.2. The summed E-state index contributed by atoms with van der Waals surface area (Å²) >= 11 is 0. The lowest BCUT2D eigenvalue weighted by Crippen LogP contribution is -2.38. The molecule has 0 fully saturated rings. The first-order valence-corrected chi connectivity index (χ1v) is 7.48. The molecule has 2 aromatic rings. The summed E-state index contributed by atoms with van der Waals surface area (Å²) in [6, 6.07) is 3.79. The Balaban J connectivity index is 1.99. The molecule has 0 amide bonds. The van der Waals surface area contributed by atoms with Crippen LogP contribution in [0.15, 0.2) is 35.5 Å². The van der Waals surface area contributed by atoms with Gasteiger partial charge in [0, 0.05) is 25.5 Å². The van der Waals surface area contributed by atoms with Crippen LogP contribution in [0.2, 0.25) is 0 Å². The Bertz CT molecular complexity index is 757. The molecule has 0 atom stereocenters. The molecular formula is C12H13FN4O2S. The van der Waals surface area contributed by atoms with Crippen LogP contribution in [-0.2, 0) is 23.1 Å². The summed E-state index contributed by atoms with van der Waals surface area (Å²) in [6.07, 6.45) is 3.43. The third-order valence-electron chi connectivity index (χ3n) is 3.34. The number of nitrogens with zero attached hydrogens (tertiary/aromatic N) is 3. The van der Waals surface area contributed by atoms with E-state index in [1.165, 1.54) is 16.4 Å². The van der Waals surface area contributed by atoms with Gasteiger partial charge < -0.3 is 10.3 Å². The smallest absolute Gasteiger partial charge is 0.245 e. The molecule has 106 valence electrons. The van der Waals surface area contributed by atoms with E-state index in [0.717, 1.165) is 6.07 Å². The molecule has 1 aliphatic rings. The molecule has 0 unspecified atom stereocenters. The molecule has 0 bridgehead atoms. The van der Waals surface area contributed by atoms with Gasteiger partial charge in [0.2, 0.25) is 10.0 Å². The second kappa shape index (κ2) is 4.57. The second-order valence-electron chi connectivity index (χ2n) is 4.53. The van der Waals surface area contributed by atoms with Gasteiger partial charge >= 0.3 is 0 Å². The van der Waals surface area contributed by atoms with Gasteiger partial charge in [-0.3, -0.25) is 0 Å². The highest BCUT2D eigenvalue weighted by Crippen LogP contribution is 2.26. The van der Waals surface area contributed by atoms with Crippen LogP contribution < -0.4 is 5.73 Å². The van der Waals surface area contributed by atoms with Crippen LogP contribution in [0.5, 0.6) is 0 Å². The van der Waals surface area contributed by atoms with Crippen molar-refractivity contribution < 1.29 is 12.8 Å². The highest BCUT2D eigenvalue weighted by Gasteiger charge is 2.30. The van der Waals surface area contributed by atoms with Crippen molar-refractivity contribution in [2.45, 2.75) is 18.0 Å². The Hall–Kier alpha value is -1.93. The zero-order valence-electron chi connectivity index (χ0n) is 10.5. The Labute approximate surface area is 115 Å². The third-order valence-corrected chi connectivity index (χ3v) is 5.24. The molecule has 8 heteroatoms. The summed E-state index contributed by atoms with van der Waals surface area (Å²) in [5.41, 5.74) is 5.20. The second-order valence-corrected chi connectivity index (χ2v) is 6.43. The Kier molecular flexibility index (Phi) is 2.98. The van der Waals surface area contributed by atoms with Crippen LogP contribution in [0.3, 0.4) is 0 Å². The molecule has 0 aliphatic carbocycles. The lowest BCUT2D eigenvalue weighted by atomic mass is 10.3. The number of para-hydroxylation sites is 1. The molecule has 6 nitrogen and oxygen atoms in total. The number of anilines is 1. The zero-order chi connectivity index (χ0) is 14.3. The average Bonchev–Trinajstić information content (AvgIpc) is 2.89. The topological polar surface area (TPSA) is 81.2 Å². The number of rotatable bonds is 2. The van der Waals surface area contributed by atoms with E-state index < -0.39 is 15.8 Å². The molecular weight excluding hydrogens is 283 g/mol. The van der Waals surface area contributed by atoms with Crippen molar-refractivity contribution in [1.82, 2.24) is 13.9 Å². The summed E-state index contributed by atoms with van der Waals surface area (Å²) in [4.78, 5) is 3.91. The normalized spacial score (nSPS) is 16.1. The number of imidazole rings is 1. The van der Waals surface area contributed by atoms with Crippen molar-refractivity contribution in [1.29, 1.82) is 0 Å². The summed E-state index contributed by atoms with van der Waals surface area (Å²) in [5, 5.41) is 0. The van der Waals surface area contributed by atoms with Crippen molar-refractivity contribution in [2.75, 3.05) is 12.3 Å². The first-order chi connectivity index (χ1) is 9.50. The molecule has 2 N–H and O–H groups in total. The Morgan fingerprint density at radius 3 is 2.90 bits per heavy atom. The van der Waals surface area contributed by atoms with Gasteiger partial charge in [0.25, 0.3) is 0 Å². The van der Waals surface area contributed by atoms with E-state index in [4.69, 9.17) is 5.73 Å². The van der Waals surface area contributed by atoms with E-state index in [2.05, 4.69) is 4.98 Å². The first-order valence-electron chi connectivity index (χ1n) is 6.04. The van der Waals surface area contributed by atoms with Crippen molar-refractivity contribution in [2.24, 2.45) is 0 Å². The van der Waals surface area contributed by atoms with E-state index >= 15 is 0 Å². The van der Waals surface area contributed by atoms with E-state index in [1.54, 1.807) is 12.4 Å². The molecule has 0 saturated carbocycles. The molecule has 1 aliphatic heterocycles. The maximum Gasteiger partial charge on any atom is 0.245 e. The van der Waals surface area contributed by atoms with E-state index in [9.17, 15) is 12.8 Å². The van der Waals surface area contributed by atoms with Crippen LogP contribution in [0.1, 0.15) is 5.82 Å². The Morgan fingerprint density at radius 2 is 2.10 bits per heavy atom. The van der Waals surface area contributed by atoms with Crippen molar-refractivity contribution in [3.8, 4) is 0 Å². The van der Waals surface area contributed by atoms with Crippen molar-refractivity contribution >= 4 is 15.7 Å². The number of hydrogen-bond acceptors (Lipinski definition) is 4. The van der Waals surface area contributed by atoms with Gasteiger partial charge in [0.05, 0.1) is 12.2 Å². The summed E-state index contributed by atoms with van der Waals surface area (Å²) in [5.74, 6) is -0.0700. The monoisotopic (exact) mass is 296 g/mol. The molecule has 2 heterocycles. The summed E-state index contributed by atoms with van der Waals surface area (Å²) in [6.45, 7) is 0.983. The van der Waals surface area contributed by atoms with Crippen LogP contribution in [0, 0.1) is 5.82 Å². The highest BCUT2D eigenvalue weighted by molar-refractivity contribution is 7.89. The van der Waals surface area contributed by atoms with Gasteiger partial charge in [-0.1, -0.05) is 6.07 Å². The molecule has 0 saturated heterocycles. The number of fused-ring (bicyclic) bond motifs is 1. The third kappa shape index (κ3) is 1.97. The Morgan fingerprint density at radius 1 is 1.30 bits per heavy atom. The van der Waals surface area contributed by atoms with E-state index in [-0.39, 0.29) is 17.1 Å². The van der Waals surface area contributed by atoms with E-state index in [1.807, 2.05) is 4.57 Å². The van der Waals surface area contributed by atoms with Gasteiger partial charge in [0.1, 0.15) is 16.5 Å². The first kappa shape index (κ1) is 13.1. The van der Waals surface area contributed by atoms with Crippen LogP contribution >= 0.6 is 0 Å². The van der Waals surface area contributed by atoms with Crippen molar-refractivity contribution in [3.63, 3.8) is 0 Å². The minimum Gasteiger partial charge on any atom is -0.395 e. The molecule has 0 radical (unpaired) electrons. The molecule has 1 aromatic carbocycles. The predicted octanol–water partition coefficient (Wildman–Crippen LogP) is 0.809. The zero-order valence-corrected chi connectivity index (χ0v) is 11.3. The van der Waals surface area contributed by atoms with Crippen LogP contribution in [0.4, 0.5) is 10.1 Å². The quantitative estimate of drug-likeness (QED) is 0.832. The SMILES string of the molecule is Nc1c(F)cccc1S(=O)(=O)N1CCn2ccnc2C1. The van der Waals surface area contributed by atoms with Crippen LogP contribution in [-0.4, -0.2) is 28.8 Å². The fraction of sp³-hybridized carbons (Fsp3) is 0.250. The summed E-state index contributed by atoms with van der Waals surface area (Å²) < 4.78 is 41.7. The molecule has 1 aromatic heterocycles. The van der Waals surface area contributed by atoms with Gasteiger partial charge in [0.15, 0.2) is 0 Å². The fourth-order valence-electron chi connectivity index (χ4n) is 2.24. The largest absolute Gasteiger partial charge is 0.395 e. The van der Waals surface area contributed by atoms with Gasteiger partial charge in [-0.05, 0) is 12.1 Å². The number of hydrogen-bond donors (Lipinski definition) is 1. The van der Waals surface area contributed by atoms with Gasteiger partial charge in [-0.25, -0.2) is 17.8 Å². The molecule has 3 rings (SSSR count). The van der Waals surface area contributed by atoms with Crippen molar-refractivity contribution in [3.05, 3.63) is 42.2 Å². The lowest BCUT2D eigenvalue weighted by Gasteiger charge is -2.27. The number of nitrogens with two attached hydrogens (primary N) is 1. The number of sulfonamides is 1. The number of halogens is 1. The van der Waals surface area contributed by atoms with Gasteiger partial charge in [-0.2, -0.15) is 4.31 Å². The lowest BCUT2D eigenvalue weighted by molar-refractivity contribution is 0.335. The average molecular weight is 296 g/mol. The minimum absolute atomic E-state index is 0.158. The number of aromatic nitrogens is 2. The number of nitrogen functional groups attached to an aromatic ring is 1. The fourth-order valence-corrected chi connectivity index (χ4v) is 3.75. The maximum atomic E-state index is 13.4. The molecule has 20 heavy (non-hydrogen) atoms. The van der Waals surface area contributed by atoms with E-state index in [0.29, 0.717) is 18.9 Å². The maximum absolute atomic E-state index is 13.4. The van der Waals surface area contributed by atoms with Gasteiger partial charge in [-0.15, -0.1) is 0 Å². The van der Waals surface area contributed by atoms with Crippen LogP contribution in [0.25, 0.3) is 0 Å². The number of benzene rings is 1. The molecule has 0 spiro atoms.